The SMILES string of the molecule is C[C@@H]1CCC[C@H](N2CCC(c3c(Br)ccc(Cl)c3F)=CC2=O)c2cc(ccn2)-c2c(F)cc(F)cc2NC1=O. The first kappa shape index (κ1) is 27.4. The van der Waals surface area contributed by atoms with Crippen LogP contribution in [0.4, 0.5) is 18.9 Å². The summed E-state index contributed by atoms with van der Waals surface area (Å²) in [4.78, 5) is 32.5. The Morgan fingerprint density at radius 3 is 2.64 bits per heavy atom. The minimum atomic E-state index is -0.820. The number of anilines is 1. The molecule has 10 heteroatoms. The Morgan fingerprint density at radius 2 is 1.87 bits per heavy atom. The molecule has 0 saturated carbocycles. The number of aromatic nitrogens is 1. The van der Waals surface area contributed by atoms with Crippen LogP contribution in [-0.2, 0) is 9.59 Å². The van der Waals surface area contributed by atoms with Crippen LogP contribution in [0.5, 0.6) is 0 Å². The number of benzene rings is 2. The number of carbonyl (C=O) groups excluding carboxylic acids is 2. The lowest BCUT2D eigenvalue weighted by Crippen LogP contribution is -2.38. The highest BCUT2D eigenvalue weighted by atomic mass is 79.9. The van der Waals surface area contributed by atoms with Crippen LogP contribution >= 0.6 is 27.5 Å². The summed E-state index contributed by atoms with van der Waals surface area (Å²) in [5.74, 6) is -3.30. The molecule has 0 aliphatic carbocycles. The molecule has 0 saturated heterocycles. The second-order valence-corrected chi connectivity index (χ2v) is 11.0. The van der Waals surface area contributed by atoms with Gasteiger partial charge < -0.3 is 10.2 Å². The highest BCUT2D eigenvalue weighted by Crippen LogP contribution is 2.39. The molecule has 2 aliphatic rings. The fraction of sp³-hybridized carbons (Fsp3) is 0.276. The minimum Gasteiger partial charge on any atom is -0.330 e. The number of pyridine rings is 1. The maximum Gasteiger partial charge on any atom is 0.247 e. The smallest absolute Gasteiger partial charge is 0.247 e. The molecule has 0 spiro atoms. The predicted octanol–water partition coefficient (Wildman–Crippen LogP) is 7.70. The van der Waals surface area contributed by atoms with Crippen LogP contribution in [0.15, 0.2) is 53.1 Å². The summed E-state index contributed by atoms with van der Waals surface area (Å²) in [6.07, 6.45) is 4.92. The Balaban J connectivity index is 1.56. The van der Waals surface area contributed by atoms with E-state index in [2.05, 4.69) is 26.2 Å². The third-order valence-corrected chi connectivity index (χ3v) is 8.18. The Hall–Kier alpha value is -3.17. The molecule has 2 bridgehead atoms. The molecule has 0 unspecified atom stereocenters. The van der Waals surface area contributed by atoms with Crippen molar-refractivity contribution in [3.63, 3.8) is 0 Å². The number of hydrogen-bond donors (Lipinski definition) is 1. The summed E-state index contributed by atoms with van der Waals surface area (Å²) in [6.45, 7) is 2.05. The summed E-state index contributed by atoms with van der Waals surface area (Å²) in [5, 5.41) is 2.65. The number of fused-ring (bicyclic) bond motifs is 4. The van der Waals surface area contributed by atoms with Gasteiger partial charge in [0, 0.05) is 46.4 Å². The molecule has 5 rings (SSSR count). The summed E-state index contributed by atoms with van der Waals surface area (Å²) in [6, 6.07) is 7.73. The van der Waals surface area contributed by atoms with Gasteiger partial charge in [0.25, 0.3) is 0 Å². The Bertz CT molecular complexity index is 1510. The standard InChI is InChI=1S/C29H24BrClF3N3O2/c1-15-3-2-4-24(37-10-8-17(12-25(37)38)26-19(30)5-6-20(31)28(26)34)22-11-16(7-9-35-22)27-21(33)13-18(32)14-23(27)36-29(15)39/h5-7,9,11-15,24H,2-4,8,10H2,1H3,(H,36,39)/t15-,24+/m1/s1. The van der Waals surface area contributed by atoms with Gasteiger partial charge in [0.2, 0.25) is 11.8 Å². The molecular formula is C29H24BrClF3N3O2. The Kier molecular flexibility index (Phi) is 7.82. The topological polar surface area (TPSA) is 62.3 Å². The average Bonchev–Trinajstić information content (AvgIpc) is 2.89. The van der Waals surface area contributed by atoms with Crippen LogP contribution < -0.4 is 5.32 Å². The lowest BCUT2D eigenvalue weighted by atomic mass is 9.92. The summed E-state index contributed by atoms with van der Waals surface area (Å²) < 4.78 is 44.5. The molecule has 2 aromatic carbocycles. The molecule has 1 aromatic heterocycles. The molecule has 0 fully saturated rings. The lowest BCUT2D eigenvalue weighted by molar-refractivity contribution is -0.129. The van der Waals surface area contributed by atoms with E-state index in [1.54, 1.807) is 30.0 Å². The van der Waals surface area contributed by atoms with Crippen molar-refractivity contribution in [2.24, 2.45) is 5.92 Å². The van der Waals surface area contributed by atoms with Crippen LogP contribution in [-0.4, -0.2) is 28.2 Å². The van der Waals surface area contributed by atoms with E-state index in [-0.39, 0.29) is 33.7 Å². The average molecular weight is 619 g/mol. The zero-order valence-electron chi connectivity index (χ0n) is 20.9. The molecule has 2 atom stereocenters. The zero-order valence-corrected chi connectivity index (χ0v) is 23.3. The quantitative estimate of drug-likeness (QED) is 0.300. The van der Waals surface area contributed by atoms with E-state index in [1.807, 2.05) is 0 Å². The van der Waals surface area contributed by atoms with Gasteiger partial charge in [-0.05, 0) is 60.7 Å². The van der Waals surface area contributed by atoms with Crippen molar-refractivity contribution in [1.29, 1.82) is 0 Å². The number of amides is 2. The van der Waals surface area contributed by atoms with Crippen molar-refractivity contribution in [2.75, 3.05) is 11.9 Å². The number of nitrogens with one attached hydrogen (secondary N) is 1. The Morgan fingerprint density at radius 1 is 1.08 bits per heavy atom. The van der Waals surface area contributed by atoms with Gasteiger partial charge in [0.15, 0.2) is 0 Å². The zero-order chi connectivity index (χ0) is 27.8. The third-order valence-electron chi connectivity index (χ3n) is 7.23. The van der Waals surface area contributed by atoms with Gasteiger partial charge >= 0.3 is 0 Å². The van der Waals surface area contributed by atoms with Crippen LogP contribution in [0.2, 0.25) is 5.02 Å². The van der Waals surface area contributed by atoms with Gasteiger partial charge in [-0.2, -0.15) is 0 Å². The maximum atomic E-state index is 15.1. The summed E-state index contributed by atoms with van der Waals surface area (Å²) >= 11 is 9.35. The molecule has 5 nitrogen and oxygen atoms in total. The second-order valence-electron chi connectivity index (χ2n) is 9.79. The summed E-state index contributed by atoms with van der Waals surface area (Å²) in [5.41, 5.74) is 1.82. The molecule has 39 heavy (non-hydrogen) atoms. The first-order chi connectivity index (χ1) is 18.6. The number of nitrogens with zero attached hydrogens (tertiary/aromatic N) is 2. The van der Waals surface area contributed by atoms with Crippen molar-refractivity contribution in [2.45, 2.75) is 38.6 Å². The van der Waals surface area contributed by atoms with Gasteiger partial charge in [-0.1, -0.05) is 40.9 Å². The van der Waals surface area contributed by atoms with Crippen molar-refractivity contribution in [3.8, 4) is 11.1 Å². The molecular weight excluding hydrogens is 595 g/mol. The van der Waals surface area contributed by atoms with Gasteiger partial charge in [-0.3, -0.25) is 14.6 Å². The highest BCUT2D eigenvalue weighted by molar-refractivity contribution is 9.10. The van der Waals surface area contributed by atoms with E-state index >= 15 is 4.39 Å². The lowest BCUT2D eigenvalue weighted by Gasteiger charge is -2.34. The molecule has 202 valence electrons. The third kappa shape index (κ3) is 5.47. The van der Waals surface area contributed by atoms with E-state index < -0.39 is 29.4 Å². The van der Waals surface area contributed by atoms with Crippen molar-refractivity contribution in [1.82, 2.24) is 9.88 Å². The number of rotatable bonds is 2. The molecule has 1 N–H and O–H groups in total. The number of hydrogen-bond acceptors (Lipinski definition) is 3. The van der Waals surface area contributed by atoms with Gasteiger partial charge in [0.1, 0.15) is 17.5 Å². The first-order valence-corrected chi connectivity index (χ1v) is 13.7. The van der Waals surface area contributed by atoms with E-state index in [0.717, 1.165) is 12.1 Å². The van der Waals surface area contributed by atoms with Crippen molar-refractivity contribution < 1.29 is 22.8 Å². The normalized spacial score (nSPS) is 19.9. The fourth-order valence-corrected chi connectivity index (χ4v) is 5.92. The predicted molar refractivity (Wildman–Crippen MR) is 147 cm³/mol. The van der Waals surface area contributed by atoms with E-state index in [0.29, 0.717) is 53.5 Å². The van der Waals surface area contributed by atoms with E-state index in [4.69, 9.17) is 11.6 Å². The van der Waals surface area contributed by atoms with Gasteiger partial charge in [-0.15, -0.1) is 0 Å². The van der Waals surface area contributed by atoms with Crippen LogP contribution in [0, 0.1) is 23.4 Å². The molecule has 3 heterocycles. The van der Waals surface area contributed by atoms with Crippen LogP contribution in [0.25, 0.3) is 16.7 Å². The fourth-order valence-electron chi connectivity index (χ4n) is 5.20. The van der Waals surface area contributed by atoms with E-state index in [1.165, 1.54) is 18.3 Å². The highest BCUT2D eigenvalue weighted by Gasteiger charge is 2.31. The van der Waals surface area contributed by atoms with Crippen molar-refractivity contribution >= 4 is 50.6 Å². The molecule has 3 aromatic rings. The first-order valence-electron chi connectivity index (χ1n) is 12.5. The van der Waals surface area contributed by atoms with Crippen LogP contribution in [0.1, 0.15) is 49.9 Å². The maximum absolute atomic E-state index is 15.1. The largest absolute Gasteiger partial charge is 0.330 e. The van der Waals surface area contributed by atoms with Gasteiger partial charge in [-0.25, -0.2) is 13.2 Å². The monoisotopic (exact) mass is 617 g/mol. The molecule has 0 radical (unpaired) electrons. The molecule has 2 aliphatic heterocycles. The van der Waals surface area contributed by atoms with E-state index in [9.17, 15) is 18.4 Å². The van der Waals surface area contributed by atoms with Gasteiger partial charge in [0.05, 0.1) is 22.4 Å². The Labute approximate surface area is 237 Å². The molecule has 2 amide bonds. The minimum absolute atomic E-state index is 0.0325. The summed E-state index contributed by atoms with van der Waals surface area (Å²) in [7, 11) is 0. The second kappa shape index (κ2) is 11.1. The van der Waals surface area contributed by atoms with Crippen molar-refractivity contribution in [3.05, 3.63) is 86.9 Å². The number of halogens is 5. The number of carbonyl (C=O) groups is 2. The van der Waals surface area contributed by atoms with Crippen LogP contribution in [0.3, 0.4) is 0 Å².